The molecule has 19 heavy (non-hydrogen) atoms. The van der Waals surface area contributed by atoms with E-state index >= 15 is 0 Å². The number of methoxy groups -OCH3 is 1. The number of aryl methyl sites for hydroxylation is 1. The lowest BCUT2D eigenvalue weighted by molar-refractivity contribution is 0.112. The molecule has 0 bridgehead atoms. The third kappa shape index (κ3) is 1.60. The second kappa shape index (κ2) is 4.38. The summed E-state index contributed by atoms with van der Waals surface area (Å²) >= 11 is 3.44. The van der Waals surface area contributed by atoms with E-state index < -0.39 is 0 Å². The predicted molar refractivity (Wildman–Crippen MR) is 80.1 cm³/mol. The molecular weight excluding hydrogens is 306 g/mol. The van der Waals surface area contributed by atoms with Gasteiger partial charge in [-0.05, 0) is 28.1 Å². The number of halogens is 1. The van der Waals surface area contributed by atoms with Crippen molar-refractivity contribution in [2.75, 3.05) is 7.11 Å². The van der Waals surface area contributed by atoms with E-state index in [9.17, 15) is 4.79 Å². The molecule has 0 fully saturated rings. The summed E-state index contributed by atoms with van der Waals surface area (Å²) in [5.74, 6) is 0.693. The van der Waals surface area contributed by atoms with Crippen LogP contribution in [0.25, 0.3) is 21.8 Å². The molecule has 0 aliphatic rings. The van der Waals surface area contributed by atoms with Crippen LogP contribution >= 0.6 is 15.9 Å². The summed E-state index contributed by atoms with van der Waals surface area (Å²) in [6, 6.07) is 10.0. The zero-order valence-electron chi connectivity index (χ0n) is 10.6. The number of rotatable bonds is 2. The number of aldehydes is 1. The molecule has 4 heteroatoms. The minimum Gasteiger partial charge on any atom is -0.493 e. The maximum Gasteiger partial charge on any atom is 0.158 e. The van der Waals surface area contributed by atoms with Crippen LogP contribution < -0.4 is 4.74 Å². The summed E-state index contributed by atoms with van der Waals surface area (Å²) in [4.78, 5) is 11.2. The number of carbonyl (C=O) groups excluding carboxylic acids is 1. The van der Waals surface area contributed by atoms with E-state index in [2.05, 4.69) is 32.6 Å². The molecule has 0 spiro atoms. The van der Waals surface area contributed by atoms with E-state index in [1.807, 2.05) is 25.2 Å². The number of hydrogen-bond donors (Lipinski definition) is 0. The van der Waals surface area contributed by atoms with Gasteiger partial charge >= 0.3 is 0 Å². The molecule has 0 aliphatic carbocycles. The van der Waals surface area contributed by atoms with Crippen LogP contribution in [0.2, 0.25) is 0 Å². The first-order chi connectivity index (χ1) is 9.19. The smallest absolute Gasteiger partial charge is 0.158 e. The molecule has 0 atom stereocenters. The SMILES string of the molecule is COc1c(Br)c(C=O)cc2c3ccccc3n(C)c12. The lowest BCUT2D eigenvalue weighted by Gasteiger charge is -2.09. The second-order valence-electron chi connectivity index (χ2n) is 4.40. The fourth-order valence-electron chi connectivity index (χ4n) is 2.57. The molecule has 0 radical (unpaired) electrons. The van der Waals surface area contributed by atoms with Crippen molar-refractivity contribution >= 4 is 44.0 Å². The number of para-hydroxylation sites is 1. The van der Waals surface area contributed by atoms with Gasteiger partial charge in [-0.25, -0.2) is 0 Å². The van der Waals surface area contributed by atoms with Gasteiger partial charge in [0.05, 0.1) is 17.1 Å². The Hall–Kier alpha value is -1.81. The maximum atomic E-state index is 11.2. The average Bonchev–Trinajstić information content (AvgIpc) is 2.72. The van der Waals surface area contributed by atoms with Gasteiger partial charge in [0.1, 0.15) is 0 Å². The first-order valence-corrected chi connectivity index (χ1v) is 6.67. The summed E-state index contributed by atoms with van der Waals surface area (Å²) in [7, 11) is 3.62. The zero-order chi connectivity index (χ0) is 13.6. The Morgan fingerprint density at radius 2 is 2.00 bits per heavy atom. The standard InChI is InChI=1S/C15H12BrNO2/c1-17-12-6-4-3-5-10(12)11-7-9(8-18)13(16)15(19-2)14(11)17/h3-8H,1-2H3. The minimum atomic E-state index is 0.598. The Bertz CT molecular complexity index is 805. The molecule has 3 nitrogen and oxygen atoms in total. The van der Waals surface area contributed by atoms with Gasteiger partial charge in [-0.2, -0.15) is 0 Å². The first-order valence-electron chi connectivity index (χ1n) is 5.87. The van der Waals surface area contributed by atoms with Crippen molar-refractivity contribution in [1.82, 2.24) is 4.57 Å². The fourth-order valence-corrected chi connectivity index (χ4v) is 3.13. The lowest BCUT2D eigenvalue weighted by Crippen LogP contribution is -1.95. The molecule has 1 aromatic heterocycles. The Morgan fingerprint density at radius 3 is 2.68 bits per heavy atom. The molecule has 1 heterocycles. The van der Waals surface area contributed by atoms with Crippen molar-refractivity contribution in [3.8, 4) is 5.75 Å². The van der Waals surface area contributed by atoms with Crippen LogP contribution in [0.1, 0.15) is 10.4 Å². The quantitative estimate of drug-likeness (QED) is 0.671. The third-order valence-electron chi connectivity index (χ3n) is 3.44. The van der Waals surface area contributed by atoms with Crippen molar-refractivity contribution < 1.29 is 9.53 Å². The number of benzene rings is 2. The number of aromatic nitrogens is 1. The lowest BCUT2D eigenvalue weighted by atomic mass is 10.1. The number of carbonyl (C=O) groups is 1. The average molecular weight is 318 g/mol. The van der Waals surface area contributed by atoms with E-state index in [1.54, 1.807) is 7.11 Å². The monoisotopic (exact) mass is 317 g/mol. The van der Waals surface area contributed by atoms with Gasteiger partial charge in [-0.3, -0.25) is 4.79 Å². The number of fused-ring (bicyclic) bond motifs is 3. The maximum absolute atomic E-state index is 11.2. The van der Waals surface area contributed by atoms with Crippen molar-refractivity contribution in [3.63, 3.8) is 0 Å². The first kappa shape index (κ1) is 12.2. The van der Waals surface area contributed by atoms with E-state index in [0.717, 1.165) is 28.1 Å². The third-order valence-corrected chi connectivity index (χ3v) is 4.26. The van der Waals surface area contributed by atoms with Crippen molar-refractivity contribution in [1.29, 1.82) is 0 Å². The second-order valence-corrected chi connectivity index (χ2v) is 5.20. The van der Waals surface area contributed by atoms with E-state index in [0.29, 0.717) is 15.8 Å². The van der Waals surface area contributed by atoms with Crippen LogP contribution in [-0.4, -0.2) is 18.0 Å². The molecule has 0 unspecified atom stereocenters. The van der Waals surface area contributed by atoms with Gasteiger partial charge in [-0.15, -0.1) is 0 Å². The molecule has 0 N–H and O–H groups in total. The normalized spacial score (nSPS) is 11.1. The number of nitrogens with zero attached hydrogens (tertiary/aromatic N) is 1. The van der Waals surface area contributed by atoms with Crippen LogP contribution in [0.4, 0.5) is 0 Å². The Kier molecular flexibility index (Phi) is 2.82. The van der Waals surface area contributed by atoms with Crippen molar-refractivity contribution in [3.05, 3.63) is 40.4 Å². The Morgan fingerprint density at radius 1 is 1.26 bits per heavy atom. The van der Waals surface area contributed by atoms with Gasteiger partial charge in [-0.1, -0.05) is 18.2 Å². The largest absolute Gasteiger partial charge is 0.493 e. The summed E-state index contributed by atoms with van der Waals surface area (Å²) < 4.78 is 8.27. The molecule has 0 saturated heterocycles. The highest BCUT2D eigenvalue weighted by Gasteiger charge is 2.17. The molecule has 0 aliphatic heterocycles. The fraction of sp³-hybridized carbons (Fsp3) is 0.133. The molecule has 0 amide bonds. The van der Waals surface area contributed by atoms with Crippen LogP contribution in [-0.2, 0) is 7.05 Å². The van der Waals surface area contributed by atoms with Crippen LogP contribution in [0.15, 0.2) is 34.8 Å². The highest BCUT2D eigenvalue weighted by molar-refractivity contribution is 9.10. The summed E-state index contributed by atoms with van der Waals surface area (Å²) in [6.07, 6.45) is 0.841. The van der Waals surface area contributed by atoms with Gasteiger partial charge in [0, 0.05) is 28.9 Å². The van der Waals surface area contributed by atoms with Gasteiger partial charge in [0.25, 0.3) is 0 Å². The zero-order valence-corrected chi connectivity index (χ0v) is 12.2. The number of ether oxygens (including phenoxy) is 1. The van der Waals surface area contributed by atoms with Crippen LogP contribution in [0, 0.1) is 0 Å². The van der Waals surface area contributed by atoms with Gasteiger partial charge < -0.3 is 9.30 Å². The topological polar surface area (TPSA) is 31.2 Å². The molecule has 2 aromatic carbocycles. The minimum absolute atomic E-state index is 0.598. The van der Waals surface area contributed by atoms with Gasteiger partial charge in [0.2, 0.25) is 0 Å². The highest BCUT2D eigenvalue weighted by Crippen LogP contribution is 2.40. The van der Waals surface area contributed by atoms with Crippen LogP contribution in [0.3, 0.4) is 0 Å². The highest BCUT2D eigenvalue weighted by atomic mass is 79.9. The van der Waals surface area contributed by atoms with E-state index in [1.165, 1.54) is 0 Å². The Balaban J connectivity index is 2.63. The van der Waals surface area contributed by atoms with E-state index in [4.69, 9.17) is 4.74 Å². The molecular formula is C15H12BrNO2. The molecule has 3 rings (SSSR count). The summed E-state index contributed by atoms with van der Waals surface area (Å²) in [5, 5.41) is 2.15. The summed E-state index contributed by atoms with van der Waals surface area (Å²) in [5.41, 5.74) is 2.70. The molecule has 0 saturated carbocycles. The van der Waals surface area contributed by atoms with E-state index in [-0.39, 0.29) is 0 Å². The number of hydrogen-bond acceptors (Lipinski definition) is 2. The van der Waals surface area contributed by atoms with Crippen LogP contribution in [0.5, 0.6) is 5.75 Å². The Labute approximate surface area is 118 Å². The van der Waals surface area contributed by atoms with Crippen molar-refractivity contribution in [2.24, 2.45) is 7.05 Å². The molecule has 96 valence electrons. The van der Waals surface area contributed by atoms with Crippen molar-refractivity contribution in [2.45, 2.75) is 0 Å². The molecule has 3 aromatic rings. The van der Waals surface area contributed by atoms with Gasteiger partial charge in [0.15, 0.2) is 12.0 Å². The predicted octanol–water partition coefficient (Wildman–Crippen LogP) is 3.92. The summed E-state index contributed by atoms with van der Waals surface area (Å²) in [6.45, 7) is 0.